The predicted molar refractivity (Wildman–Crippen MR) is 130 cm³/mol. The minimum absolute atomic E-state index is 0.00628. The maximum atomic E-state index is 11.8. The quantitative estimate of drug-likeness (QED) is 0.441. The Hall–Kier alpha value is -3.89. The fourth-order valence-corrected chi connectivity index (χ4v) is 5.13. The smallest absolute Gasteiger partial charge is 0.250 e. The molecule has 2 N–H and O–H groups in total. The summed E-state index contributed by atoms with van der Waals surface area (Å²) >= 11 is 1.45. The Balaban J connectivity index is 1.60. The van der Waals surface area contributed by atoms with Gasteiger partial charge < -0.3 is 15.4 Å². The molecule has 0 bridgehead atoms. The number of nitrogens with one attached hydrogen (secondary N) is 2. The van der Waals surface area contributed by atoms with Gasteiger partial charge in [0.1, 0.15) is 6.61 Å². The van der Waals surface area contributed by atoms with Gasteiger partial charge in [0.05, 0.1) is 27.6 Å². The molecule has 172 valence electrons. The van der Waals surface area contributed by atoms with Gasteiger partial charge in [-0.1, -0.05) is 11.3 Å². The highest BCUT2D eigenvalue weighted by Gasteiger charge is 2.30. The third-order valence-electron chi connectivity index (χ3n) is 5.40. The molecule has 1 aromatic carbocycles. The molecule has 4 aromatic rings. The molecule has 34 heavy (non-hydrogen) atoms. The van der Waals surface area contributed by atoms with Crippen LogP contribution in [-0.2, 0) is 27.2 Å². The van der Waals surface area contributed by atoms with E-state index in [0.29, 0.717) is 10.8 Å². The molecule has 0 unspecified atom stereocenters. The van der Waals surface area contributed by atoms with E-state index < -0.39 is 0 Å². The van der Waals surface area contributed by atoms with E-state index >= 15 is 0 Å². The molecule has 1 aliphatic carbocycles. The zero-order chi connectivity index (χ0) is 23.7. The maximum absolute atomic E-state index is 11.8. The van der Waals surface area contributed by atoms with Gasteiger partial charge in [-0.2, -0.15) is 5.10 Å². The second-order valence-corrected chi connectivity index (χ2v) is 8.83. The summed E-state index contributed by atoms with van der Waals surface area (Å²) in [6.45, 7) is 1.47. The van der Waals surface area contributed by atoms with E-state index in [4.69, 9.17) is 9.84 Å². The van der Waals surface area contributed by atoms with Crippen LogP contribution in [0.5, 0.6) is 0 Å². The van der Waals surface area contributed by atoms with Crippen LogP contribution in [0.1, 0.15) is 18.2 Å². The van der Waals surface area contributed by atoms with E-state index in [2.05, 4.69) is 20.6 Å². The molecule has 3 aromatic heterocycles. The Morgan fingerprint density at radius 1 is 1.15 bits per heavy atom. The van der Waals surface area contributed by atoms with E-state index in [9.17, 15) is 9.59 Å². The molecule has 9 nitrogen and oxygen atoms in total. The van der Waals surface area contributed by atoms with Crippen LogP contribution in [0.25, 0.3) is 27.5 Å². The Morgan fingerprint density at radius 2 is 1.97 bits per heavy atom. The zero-order valence-corrected chi connectivity index (χ0v) is 19.5. The first-order valence-electron chi connectivity index (χ1n) is 10.7. The number of carbonyl (C=O) groups excluding carboxylic acids is 2. The first kappa shape index (κ1) is 21.9. The molecule has 0 atom stereocenters. The van der Waals surface area contributed by atoms with Crippen LogP contribution in [0, 0.1) is 0 Å². The SMILES string of the molecule is COCC(=O)Nc1ccc(-n2nc(-c3cccnc3)c3c2-c2sc(NC(C)=O)nc2CC3)cc1. The van der Waals surface area contributed by atoms with Crippen LogP contribution < -0.4 is 10.6 Å². The third kappa shape index (κ3) is 4.20. The van der Waals surface area contributed by atoms with Crippen LogP contribution in [0.15, 0.2) is 48.8 Å². The summed E-state index contributed by atoms with van der Waals surface area (Å²) < 4.78 is 6.78. The van der Waals surface area contributed by atoms with Crippen molar-refractivity contribution < 1.29 is 14.3 Å². The van der Waals surface area contributed by atoms with Gasteiger partial charge in [0.25, 0.3) is 0 Å². The fraction of sp³-hybridized carbons (Fsp3) is 0.208. The highest BCUT2D eigenvalue weighted by atomic mass is 32.1. The number of benzene rings is 1. The molecule has 10 heteroatoms. The second-order valence-electron chi connectivity index (χ2n) is 7.83. The van der Waals surface area contributed by atoms with Crippen molar-refractivity contribution in [2.75, 3.05) is 24.4 Å². The van der Waals surface area contributed by atoms with Crippen molar-refractivity contribution in [3.05, 3.63) is 60.0 Å². The summed E-state index contributed by atoms with van der Waals surface area (Å²) in [4.78, 5) is 33.3. The molecule has 0 saturated heterocycles. The number of carbonyl (C=O) groups is 2. The number of pyridine rings is 1. The molecule has 3 heterocycles. The number of hydrogen-bond donors (Lipinski definition) is 2. The van der Waals surface area contributed by atoms with Gasteiger partial charge in [-0.15, -0.1) is 0 Å². The molecule has 2 amide bonds. The Labute approximate surface area is 199 Å². The molecule has 0 radical (unpaired) electrons. The van der Waals surface area contributed by atoms with Gasteiger partial charge in [0, 0.05) is 43.2 Å². The van der Waals surface area contributed by atoms with Gasteiger partial charge in [0.15, 0.2) is 5.13 Å². The van der Waals surface area contributed by atoms with E-state index in [-0.39, 0.29) is 18.4 Å². The van der Waals surface area contributed by atoms with Gasteiger partial charge in [0.2, 0.25) is 11.8 Å². The van der Waals surface area contributed by atoms with Crippen molar-refractivity contribution in [1.82, 2.24) is 19.7 Å². The van der Waals surface area contributed by atoms with Crippen molar-refractivity contribution in [3.63, 3.8) is 0 Å². The number of rotatable bonds is 6. The van der Waals surface area contributed by atoms with Crippen LogP contribution in [-0.4, -0.2) is 45.3 Å². The summed E-state index contributed by atoms with van der Waals surface area (Å²) in [6.07, 6.45) is 5.10. The molecule has 0 saturated carbocycles. The minimum Gasteiger partial charge on any atom is -0.375 e. The van der Waals surface area contributed by atoms with Crippen molar-refractivity contribution in [2.45, 2.75) is 19.8 Å². The van der Waals surface area contributed by atoms with Crippen LogP contribution in [0.3, 0.4) is 0 Å². The lowest BCUT2D eigenvalue weighted by Gasteiger charge is -2.14. The number of thiazole rings is 1. The van der Waals surface area contributed by atoms with E-state index in [1.54, 1.807) is 6.20 Å². The van der Waals surface area contributed by atoms with Crippen molar-refractivity contribution in [2.24, 2.45) is 0 Å². The maximum Gasteiger partial charge on any atom is 0.250 e. The Kier molecular flexibility index (Phi) is 5.91. The summed E-state index contributed by atoms with van der Waals surface area (Å²) in [7, 11) is 1.48. The molecule has 5 rings (SSSR count). The van der Waals surface area contributed by atoms with Crippen molar-refractivity contribution >= 4 is 34.0 Å². The minimum atomic E-state index is -0.217. The standard InChI is InChI=1S/C24H22N6O3S/c1-14(31)26-24-28-19-10-9-18-21(15-4-3-11-25-12-15)29-30(22(18)23(19)34-24)17-7-5-16(6-8-17)27-20(32)13-33-2/h3-8,11-12H,9-10,13H2,1-2H3,(H,27,32)(H,26,28,31). The first-order valence-corrected chi connectivity index (χ1v) is 11.5. The Bertz CT molecular complexity index is 1360. The monoisotopic (exact) mass is 474 g/mol. The lowest BCUT2D eigenvalue weighted by molar-refractivity contribution is -0.119. The highest BCUT2D eigenvalue weighted by Crippen LogP contribution is 2.44. The van der Waals surface area contributed by atoms with Crippen molar-refractivity contribution in [1.29, 1.82) is 0 Å². The molecule has 0 fully saturated rings. The molecule has 0 aliphatic heterocycles. The number of fused-ring (bicyclic) bond motifs is 3. The molecular weight excluding hydrogens is 452 g/mol. The van der Waals surface area contributed by atoms with E-state index in [1.165, 1.54) is 25.4 Å². The van der Waals surface area contributed by atoms with Gasteiger partial charge >= 0.3 is 0 Å². The van der Waals surface area contributed by atoms with Gasteiger partial charge in [-0.05, 0) is 49.2 Å². The number of methoxy groups -OCH3 is 1. The number of ether oxygens (including phenoxy) is 1. The summed E-state index contributed by atoms with van der Waals surface area (Å²) in [5, 5.41) is 11.2. The highest BCUT2D eigenvalue weighted by molar-refractivity contribution is 7.19. The number of anilines is 2. The second kappa shape index (κ2) is 9.16. The topological polar surface area (TPSA) is 111 Å². The Morgan fingerprint density at radius 3 is 2.68 bits per heavy atom. The number of aryl methyl sites for hydroxylation is 1. The number of nitrogens with zero attached hydrogens (tertiary/aromatic N) is 4. The van der Waals surface area contributed by atoms with Crippen molar-refractivity contribution in [3.8, 4) is 27.5 Å². The summed E-state index contributed by atoms with van der Waals surface area (Å²) in [5.74, 6) is -0.368. The average molecular weight is 475 g/mol. The fourth-order valence-electron chi connectivity index (χ4n) is 4.01. The average Bonchev–Trinajstić information content (AvgIpc) is 3.41. The molecular formula is C24H22N6O3S. The van der Waals surface area contributed by atoms with Crippen LogP contribution >= 0.6 is 11.3 Å². The predicted octanol–water partition coefficient (Wildman–Crippen LogP) is 3.70. The first-order chi connectivity index (χ1) is 16.5. The number of aromatic nitrogens is 4. The number of hydrogen-bond acceptors (Lipinski definition) is 7. The normalized spacial score (nSPS) is 12.1. The lowest BCUT2D eigenvalue weighted by Crippen LogP contribution is -2.17. The van der Waals surface area contributed by atoms with E-state index in [1.807, 2.05) is 47.3 Å². The molecule has 1 aliphatic rings. The molecule has 0 spiro atoms. The summed E-state index contributed by atoms with van der Waals surface area (Å²) in [5.41, 5.74) is 6.37. The lowest BCUT2D eigenvalue weighted by atomic mass is 9.95. The van der Waals surface area contributed by atoms with Gasteiger partial charge in [-0.25, -0.2) is 9.67 Å². The van der Waals surface area contributed by atoms with Gasteiger partial charge in [-0.3, -0.25) is 14.6 Å². The van der Waals surface area contributed by atoms with Crippen LogP contribution in [0.2, 0.25) is 0 Å². The van der Waals surface area contributed by atoms with Crippen LogP contribution in [0.4, 0.5) is 10.8 Å². The number of amides is 2. The van der Waals surface area contributed by atoms with E-state index in [0.717, 1.165) is 51.6 Å². The summed E-state index contributed by atoms with van der Waals surface area (Å²) in [6, 6.07) is 11.4. The zero-order valence-electron chi connectivity index (χ0n) is 18.7. The third-order valence-corrected chi connectivity index (χ3v) is 6.42. The largest absolute Gasteiger partial charge is 0.375 e.